The van der Waals surface area contributed by atoms with Gasteiger partial charge in [-0.05, 0) is 38.0 Å². The van der Waals surface area contributed by atoms with Gasteiger partial charge in [-0.3, -0.25) is 9.69 Å². The number of benzene rings is 1. The summed E-state index contributed by atoms with van der Waals surface area (Å²) in [5.41, 5.74) is 2.46. The molecule has 2 heterocycles. The van der Waals surface area contributed by atoms with Crippen molar-refractivity contribution < 1.29 is 9.90 Å². The first-order valence-electron chi connectivity index (χ1n) is 8.59. The van der Waals surface area contributed by atoms with Gasteiger partial charge >= 0.3 is 5.97 Å². The minimum atomic E-state index is -0.694. The van der Waals surface area contributed by atoms with Crippen LogP contribution in [0, 0.1) is 5.92 Å². The zero-order valence-electron chi connectivity index (χ0n) is 14.0. The number of carbonyl (C=O) groups is 1. The van der Waals surface area contributed by atoms with Crippen molar-refractivity contribution in [2.45, 2.75) is 32.4 Å². The van der Waals surface area contributed by atoms with E-state index in [1.54, 1.807) is 0 Å². The molecule has 2 aliphatic rings. The number of carboxylic acid groups (broad SMARTS) is 1. The Morgan fingerprint density at radius 2 is 2.00 bits per heavy atom. The van der Waals surface area contributed by atoms with Crippen LogP contribution in [0.5, 0.6) is 0 Å². The topological polar surface area (TPSA) is 55.8 Å². The number of carboxylic acids is 1. The number of aliphatic carboxylic acids is 1. The Hall–Kier alpha value is -1.59. The summed E-state index contributed by atoms with van der Waals surface area (Å²) in [6, 6.07) is 9.36. The van der Waals surface area contributed by atoms with E-state index in [4.69, 9.17) is 5.11 Å². The van der Waals surface area contributed by atoms with Gasteiger partial charge in [0.15, 0.2) is 0 Å². The molecule has 2 unspecified atom stereocenters. The van der Waals surface area contributed by atoms with Crippen LogP contribution in [0.2, 0.25) is 0 Å². The van der Waals surface area contributed by atoms with E-state index in [0.717, 1.165) is 26.2 Å². The number of hydrogen-bond acceptors (Lipinski definition) is 4. The van der Waals surface area contributed by atoms with Gasteiger partial charge in [-0.15, -0.1) is 0 Å². The Balaban J connectivity index is 1.66. The average Bonchev–Trinajstić information content (AvgIpc) is 3.05. The van der Waals surface area contributed by atoms with Gasteiger partial charge in [0.25, 0.3) is 0 Å². The molecule has 2 N–H and O–H groups in total. The van der Waals surface area contributed by atoms with Gasteiger partial charge < -0.3 is 15.3 Å². The van der Waals surface area contributed by atoms with Crippen LogP contribution in [0.25, 0.3) is 0 Å². The summed E-state index contributed by atoms with van der Waals surface area (Å²) in [5, 5.41) is 12.5. The molecule has 0 aliphatic carbocycles. The Morgan fingerprint density at radius 3 is 2.61 bits per heavy atom. The zero-order valence-corrected chi connectivity index (χ0v) is 14.0. The molecule has 0 spiro atoms. The fourth-order valence-corrected chi connectivity index (χ4v) is 3.61. The van der Waals surface area contributed by atoms with Crippen LogP contribution in [0.1, 0.15) is 31.9 Å². The number of nitrogens with one attached hydrogen (secondary N) is 1. The summed E-state index contributed by atoms with van der Waals surface area (Å²) < 4.78 is 0. The van der Waals surface area contributed by atoms with E-state index in [0.29, 0.717) is 19.0 Å². The smallest absolute Gasteiger partial charge is 0.307 e. The first-order chi connectivity index (χ1) is 11.0. The fourth-order valence-electron chi connectivity index (χ4n) is 3.61. The predicted octanol–water partition coefficient (Wildman–Crippen LogP) is 1.95. The Morgan fingerprint density at radius 1 is 1.26 bits per heavy atom. The summed E-state index contributed by atoms with van der Waals surface area (Å²) in [4.78, 5) is 16.1. The monoisotopic (exact) mass is 317 g/mol. The molecule has 1 aromatic rings. The van der Waals surface area contributed by atoms with Crippen molar-refractivity contribution in [1.82, 2.24) is 10.2 Å². The summed E-state index contributed by atoms with van der Waals surface area (Å²) in [6.45, 7) is 9.38. The van der Waals surface area contributed by atoms with Crippen LogP contribution in [0.15, 0.2) is 24.3 Å². The van der Waals surface area contributed by atoms with Crippen LogP contribution in [-0.2, 0) is 4.79 Å². The lowest BCUT2D eigenvalue weighted by molar-refractivity contribution is -0.141. The standard InChI is InChI=1S/C18H27N3O2/c1-13(2)20-6-8-21(9-7-20)16-5-3-4-14(10-16)17-11-15(12-19-17)18(22)23/h3-5,10,13,15,17,19H,6-9,11-12H2,1-2H3,(H,22,23). The predicted molar refractivity (Wildman–Crippen MR) is 91.9 cm³/mol. The molecule has 2 saturated heterocycles. The van der Waals surface area contributed by atoms with Crippen LogP contribution in [-0.4, -0.2) is 54.7 Å². The average molecular weight is 317 g/mol. The van der Waals surface area contributed by atoms with E-state index in [-0.39, 0.29) is 12.0 Å². The van der Waals surface area contributed by atoms with E-state index in [9.17, 15) is 4.79 Å². The third-order valence-electron chi connectivity index (χ3n) is 5.16. The van der Waals surface area contributed by atoms with E-state index in [1.165, 1.54) is 11.3 Å². The summed E-state index contributed by atoms with van der Waals surface area (Å²) in [5.74, 6) is -0.959. The molecule has 3 rings (SSSR count). The van der Waals surface area contributed by atoms with Gasteiger partial charge in [0.1, 0.15) is 0 Å². The maximum absolute atomic E-state index is 11.1. The molecule has 0 saturated carbocycles. The maximum Gasteiger partial charge on any atom is 0.307 e. The Kier molecular flexibility index (Phi) is 4.87. The highest BCUT2D eigenvalue weighted by Gasteiger charge is 2.30. The highest BCUT2D eigenvalue weighted by molar-refractivity contribution is 5.70. The fraction of sp³-hybridized carbons (Fsp3) is 0.611. The van der Waals surface area contributed by atoms with Crippen LogP contribution < -0.4 is 10.2 Å². The molecule has 2 atom stereocenters. The van der Waals surface area contributed by atoms with Gasteiger partial charge in [0.2, 0.25) is 0 Å². The number of hydrogen-bond donors (Lipinski definition) is 2. The van der Waals surface area contributed by atoms with E-state index in [2.05, 4.69) is 53.2 Å². The lowest BCUT2D eigenvalue weighted by atomic mass is 9.99. The summed E-state index contributed by atoms with van der Waals surface area (Å²) in [7, 11) is 0. The van der Waals surface area contributed by atoms with Gasteiger partial charge in [-0.2, -0.15) is 0 Å². The van der Waals surface area contributed by atoms with Gasteiger partial charge in [0, 0.05) is 50.5 Å². The lowest BCUT2D eigenvalue weighted by Gasteiger charge is -2.38. The van der Waals surface area contributed by atoms with Crippen LogP contribution in [0.4, 0.5) is 5.69 Å². The van der Waals surface area contributed by atoms with Crippen molar-refractivity contribution in [3.8, 4) is 0 Å². The molecule has 2 fully saturated rings. The number of rotatable bonds is 4. The maximum atomic E-state index is 11.1. The minimum absolute atomic E-state index is 0.160. The molecule has 5 nitrogen and oxygen atoms in total. The highest BCUT2D eigenvalue weighted by Crippen LogP contribution is 2.30. The van der Waals surface area contributed by atoms with Crippen molar-refractivity contribution in [3.63, 3.8) is 0 Å². The first-order valence-corrected chi connectivity index (χ1v) is 8.59. The first kappa shape index (κ1) is 16.3. The zero-order chi connectivity index (χ0) is 16.4. The SMILES string of the molecule is CC(C)N1CCN(c2cccc(C3CC(C(=O)O)CN3)c2)CC1. The van der Waals surface area contributed by atoms with Crippen LogP contribution >= 0.6 is 0 Å². The Bertz CT molecular complexity index is 553. The molecule has 0 aromatic heterocycles. The van der Waals surface area contributed by atoms with Crippen molar-refractivity contribution in [1.29, 1.82) is 0 Å². The molecule has 1 aromatic carbocycles. The molecule has 0 bridgehead atoms. The van der Waals surface area contributed by atoms with Crippen molar-refractivity contribution >= 4 is 11.7 Å². The Labute approximate surface area is 138 Å². The normalized spacial score (nSPS) is 26.0. The molecule has 126 valence electrons. The van der Waals surface area contributed by atoms with Gasteiger partial charge in [0.05, 0.1) is 5.92 Å². The molecule has 0 radical (unpaired) electrons. The quantitative estimate of drug-likeness (QED) is 0.889. The summed E-state index contributed by atoms with van der Waals surface area (Å²) >= 11 is 0. The minimum Gasteiger partial charge on any atom is -0.481 e. The second-order valence-electron chi connectivity index (χ2n) is 6.94. The summed E-state index contributed by atoms with van der Waals surface area (Å²) in [6.07, 6.45) is 0.680. The molecular formula is C18H27N3O2. The second kappa shape index (κ2) is 6.89. The third-order valence-corrected chi connectivity index (χ3v) is 5.16. The van der Waals surface area contributed by atoms with Crippen LogP contribution in [0.3, 0.4) is 0 Å². The third kappa shape index (κ3) is 3.67. The molecular weight excluding hydrogens is 290 g/mol. The number of anilines is 1. The number of nitrogens with zero attached hydrogens (tertiary/aromatic N) is 2. The molecule has 0 amide bonds. The van der Waals surface area contributed by atoms with Gasteiger partial charge in [-0.25, -0.2) is 0 Å². The highest BCUT2D eigenvalue weighted by atomic mass is 16.4. The van der Waals surface area contributed by atoms with E-state index >= 15 is 0 Å². The van der Waals surface area contributed by atoms with E-state index < -0.39 is 5.97 Å². The molecule has 23 heavy (non-hydrogen) atoms. The molecule has 2 aliphatic heterocycles. The second-order valence-corrected chi connectivity index (χ2v) is 6.94. The van der Waals surface area contributed by atoms with Crippen molar-refractivity contribution in [2.75, 3.05) is 37.6 Å². The molecule has 5 heteroatoms. The van der Waals surface area contributed by atoms with Crippen molar-refractivity contribution in [2.24, 2.45) is 5.92 Å². The number of piperazine rings is 1. The van der Waals surface area contributed by atoms with Gasteiger partial charge in [-0.1, -0.05) is 12.1 Å². The van der Waals surface area contributed by atoms with Crippen molar-refractivity contribution in [3.05, 3.63) is 29.8 Å². The largest absolute Gasteiger partial charge is 0.481 e. The van der Waals surface area contributed by atoms with E-state index in [1.807, 2.05) is 0 Å². The lowest BCUT2D eigenvalue weighted by Crippen LogP contribution is -2.48.